The van der Waals surface area contributed by atoms with Gasteiger partial charge in [0, 0.05) is 30.0 Å². The lowest BCUT2D eigenvalue weighted by Gasteiger charge is -2.30. The SMILES string of the molecule is CC(=O)Oc1c(C(C)(C)C)cc2c(c1C(C)(C)C)CC(CCC=C(C)CC(C=C(C)CCC=C(C)C)S(=O)(=O)c1ccc(C)cc1)O2. The highest BCUT2D eigenvalue weighted by atomic mass is 32.2. The first kappa shape index (κ1) is 38.3. The summed E-state index contributed by atoms with van der Waals surface area (Å²) in [7, 11) is -3.57. The van der Waals surface area contributed by atoms with Crippen molar-refractivity contribution >= 4 is 15.8 Å². The van der Waals surface area contributed by atoms with Gasteiger partial charge in [-0.05, 0) is 95.8 Å². The number of aryl methyl sites for hydroxylation is 1. The van der Waals surface area contributed by atoms with Gasteiger partial charge in [-0.1, -0.05) is 94.2 Å². The molecule has 1 aliphatic heterocycles. The zero-order valence-corrected chi connectivity index (χ0v) is 31.8. The van der Waals surface area contributed by atoms with E-state index in [4.69, 9.17) is 9.47 Å². The van der Waals surface area contributed by atoms with Crippen LogP contribution in [0.1, 0.15) is 131 Å². The van der Waals surface area contributed by atoms with Gasteiger partial charge in [-0.15, -0.1) is 0 Å². The minimum atomic E-state index is -3.57. The van der Waals surface area contributed by atoms with Crippen molar-refractivity contribution in [3.8, 4) is 11.5 Å². The van der Waals surface area contributed by atoms with Crippen molar-refractivity contribution < 1.29 is 22.7 Å². The molecule has 2 atom stereocenters. The van der Waals surface area contributed by atoms with Crippen LogP contribution >= 0.6 is 0 Å². The third-order valence-corrected chi connectivity index (χ3v) is 10.7. The molecule has 3 rings (SSSR count). The average Bonchev–Trinajstić information content (AvgIpc) is 3.32. The number of sulfone groups is 1. The van der Waals surface area contributed by atoms with Crippen molar-refractivity contribution in [1.29, 1.82) is 0 Å². The summed E-state index contributed by atoms with van der Waals surface area (Å²) in [5, 5.41) is -0.634. The third kappa shape index (κ3) is 10.4. The van der Waals surface area contributed by atoms with E-state index in [0.29, 0.717) is 17.1 Å². The van der Waals surface area contributed by atoms with Crippen molar-refractivity contribution in [2.24, 2.45) is 0 Å². The van der Waals surface area contributed by atoms with Crippen molar-refractivity contribution in [2.75, 3.05) is 0 Å². The molecule has 2 aromatic carbocycles. The Morgan fingerprint density at radius 2 is 1.57 bits per heavy atom. The molecule has 2 aromatic rings. The van der Waals surface area contributed by atoms with E-state index in [-0.39, 0.29) is 22.9 Å². The Hall–Kier alpha value is -3.12. The zero-order chi connectivity index (χ0) is 35.3. The number of carbonyl (C=O) groups excluding carboxylic acids is 1. The van der Waals surface area contributed by atoms with Gasteiger partial charge in [0.2, 0.25) is 0 Å². The first-order valence-electron chi connectivity index (χ1n) is 17.0. The maximum absolute atomic E-state index is 13.9. The van der Waals surface area contributed by atoms with Crippen LogP contribution in [0.5, 0.6) is 11.5 Å². The molecule has 0 fully saturated rings. The Morgan fingerprint density at radius 3 is 2.13 bits per heavy atom. The highest BCUT2D eigenvalue weighted by Crippen LogP contribution is 2.48. The molecule has 0 bridgehead atoms. The topological polar surface area (TPSA) is 69.7 Å². The molecule has 0 spiro atoms. The largest absolute Gasteiger partial charge is 0.490 e. The van der Waals surface area contributed by atoms with Gasteiger partial charge in [-0.3, -0.25) is 4.79 Å². The number of rotatable bonds is 12. The first-order valence-corrected chi connectivity index (χ1v) is 18.6. The van der Waals surface area contributed by atoms with Crippen molar-refractivity contribution in [3.05, 3.63) is 87.5 Å². The Kier molecular flexibility index (Phi) is 12.6. The lowest BCUT2D eigenvalue weighted by atomic mass is 9.76. The molecule has 0 radical (unpaired) electrons. The van der Waals surface area contributed by atoms with Gasteiger partial charge in [0.05, 0.1) is 10.1 Å². The second-order valence-corrected chi connectivity index (χ2v) is 17.9. The van der Waals surface area contributed by atoms with E-state index in [1.54, 1.807) is 12.1 Å². The molecule has 258 valence electrons. The minimum Gasteiger partial charge on any atom is -0.490 e. The van der Waals surface area contributed by atoms with Crippen LogP contribution in [-0.4, -0.2) is 25.7 Å². The lowest BCUT2D eigenvalue weighted by Crippen LogP contribution is -2.22. The molecule has 0 amide bonds. The highest BCUT2D eigenvalue weighted by molar-refractivity contribution is 7.92. The van der Waals surface area contributed by atoms with Crippen molar-refractivity contribution in [1.82, 2.24) is 0 Å². The Bertz CT molecular complexity index is 1620. The standard InChI is InChI=1S/C41H58O5S/c1-27(2)15-13-16-29(4)23-34(47(43,44)33-21-19-28(3)20-22-33)24-30(5)17-14-18-32-25-35-37(46-32)26-36(40(7,8)9)39(45-31(6)42)38(35)41(10,11)12/h15,17,19-23,26,32,34H,13-14,16,18,24-25H2,1-12H3. The Morgan fingerprint density at radius 1 is 0.936 bits per heavy atom. The van der Waals surface area contributed by atoms with Gasteiger partial charge < -0.3 is 9.47 Å². The summed E-state index contributed by atoms with van der Waals surface area (Å²) in [4.78, 5) is 12.6. The minimum absolute atomic E-state index is 0.0140. The van der Waals surface area contributed by atoms with Crippen molar-refractivity contribution in [2.45, 2.75) is 149 Å². The second kappa shape index (κ2) is 15.4. The fourth-order valence-electron chi connectivity index (χ4n) is 6.26. The summed E-state index contributed by atoms with van der Waals surface area (Å²) in [5.41, 5.74) is 7.08. The quantitative estimate of drug-likeness (QED) is 0.129. The number of hydrogen-bond donors (Lipinski definition) is 0. The zero-order valence-electron chi connectivity index (χ0n) is 31.0. The fourth-order valence-corrected chi connectivity index (χ4v) is 8.02. The maximum Gasteiger partial charge on any atom is 0.308 e. The number of benzene rings is 2. The summed E-state index contributed by atoms with van der Waals surface area (Å²) >= 11 is 0. The van der Waals surface area contributed by atoms with Crippen molar-refractivity contribution in [3.63, 3.8) is 0 Å². The predicted molar refractivity (Wildman–Crippen MR) is 195 cm³/mol. The summed E-state index contributed by atoms with van der Waals surface area (Å²) in [6, 6.07) is 9.24. The van der Waals surface area contributed by atoms with Gasteiger partial charge in [-0.2, -0.15) is 0 Å². The summed E-state index contributed by atoms with van der Waals surface area (Å²) in [6.07, 6.45) is 10.8. The number of fused-ring (bicyclic) bond motifs is 1. The Labute approximate surface area is 285 Å². The van der Waals surface area contributed by atoms with Crippen LogP contribution in [0.15, 0.2) is 70.2 Å². The van der Waals surface area contributed by atoms with Gasteiger partial charge in [0.1, 0.15) is 17.6 Å². The molecule has 5 nitrogen and oxygen atoms in total. The normalized spacial score (nSPS) is 16.4. The number of carbonyl (C=O) groups is 1. The molecule has 0 aliphatic carbocycles. The lowest BCUT2D eigenvalue weighted by molar-refractivity contribution is -0.132. The predicted octanol–water partition coefficient (Wildman–Crippen LogP) is 10.5. The van der Waals surface area contributed by atoms with Gasteiger partial charge in [0.15, 0.2) is 9.84 Å². The average molecular weight is 663 g/mol. The monoisotopic (exact) mass is 662 g/mol. The van der Waals surface area contributed by atoms with Crippen LogP contribution in [-0.2, 0) is 31.9 Å². The van der Waals surface area contributed by atoms with Crippen LogP contribution in [0.3, 0.4) is 0 Å². The molecule has 0 saturated heterocycles. The molecule has 2 unspecified atom stereocenters. The van der Waals surface area contributed by atoms with E-state index in [1.807, 2.05) is 39.0 Å². The van der Waals surface area contributed by atoms with Crippen LogP contribution in [0.2, 0.25) is 0 Å². The maximum atomic E-state index is 13.9. The van der Waals surface area contributed by atoms with E-state index < -0.39 is 15.1 Å². The third-order valence-electron chi connectivity index (χ3n) is 8.69. The summed E-state index contributed by atoms with van der Waals surface area (Å²) < 4.78 is 40.2. The first-order chi connectivity index (χ1) is 21.7. The molecule has 0 saturated carbocycles. The fraction of sp³-hybridized carbons (Fsp3) is 0.537. The van der Waals surface area contributed by atoms with E-state index >= 15 is 0 Å². The number of hydrogen-bond acceptors (Lipinski definition) is 5. The molecular weight excluding hydrogens is 605 g/mol. The van der Waals surface area contributed by atoms with Crippen LogP contribution in [0, 0.1) is 6.92 Å². The number of ether oxygens (including phenoxy) is 2. The summed E-state index contributed by atoms with van der Waals surface area (Å²) in [5.74, 6) is 1.22. The van der Waals surface area contributed by atoms with Crippen LogP contribution in [0.4, 0.5) is 0 Å². The number of allylic oxidation sites excluding steroid dienone is 5. The van der Waals surface area contributed by atoms with Gasteiger partial charge in [0.25, 0.3) is 0 Å². The molecular formula is C41H58O5S. The molecule has 0 N–H and O–H groups in total. The van der Waals surface area contributed by atoms with Gasteiger partial charge >= 0.3 is 5.97 Å². The Balaban J connectivity index is 1.84. The highest BCUT2D eigenvalue weighted by Gasteiger charge is 2.37. The smallest absolute Gasteiger partial charge is 0.308 e. The van der Waals surface area contributed by atoms with E-state index in [2.05, 4.69) is 73.6 Å². The number of esters is 1. The molecule has 0 aromatic heterocycles. The molecule has 6 heteroatoms. The second-order valence-electron chi connectivity index (χ2n) is 15.7. The van der Waals surface area contributed by atoms with Crippen LogP contribution in [0.25, 0.3) is 0 Å². The van der Waals surface area contributed by atoms with E-state index in [9.17, 15) is 13.2 Å². The molecule has 1 aliphatic rings. The molecule has 47 heavy (non-hydrogen) atoms. The van der Waals surface area contributed by atoms with E-state index in [0.717, 1.165) is 71.3 Å². The van der Waals surface area contributed by atoms with E-state index in [1.165, 1.54) is 12.5 Å². The van der Waals surface area contributed by atoms with Crippen LogP contribution < -0.4 is 9.47 Å². The molecule has 1 heterocycles. The van der Waals surface area contributed by atoms with Gasteiger partial charge in [-0.25, -0.2) is 8.42 Å². The summed E-state index contributed by atoms with van der Waals surface area (Å²) in [6.45, 7) is 24.5.